The predicted molar refractivity (Wildman–Crippen MR) is 77.2 cm³/mol. The lowest BCUT2D eigenvalue weighted by atomic mass is 9.87. The fraction of sp³-hybridized carbons (Fsp3) is 0.857. The summed E-state index contributed by atoms with van der Waals surface area (Å²) in [6.07, 6.45) is 2.58. The monoisotopic (exact) mass is 282 g/mol. The number of piperidine rings is 1. The van der Waals surface area contributed by atoms with Crippen LogP contribution in [0.15, 0.2) is 0 Å². The highest BCUT2D eigenvalue weighted by atomic mass is 16.2. The maximum atomic E-state index is 12.4. The van der Waals surface area contributed by atoms with Crippen LogP contribution in [0.1, 0.15) is 33.1 Å². The molecule has 2 aliphatic rings. The predicted octanol–water partition coefficient (Wildman–Crippen LogP) is 0.378. The van der Waals surface area contributed by atoms with Gasteiger partial charge < -0.3 is 16.0 Å². The van der Waals surface area contributed by atoms with E-state index in [0.717, 1.165) is 19.6 Å². The summed E-state index contributed by atoms with van der Waals surface area (Å²) in [5.41, 5.74) is 4.79. The van der Waals surface area contributed by atoms with Gasteiger partial charge in [-0.05, 0) is 31.7 Å². The van der Waals surface area contributed by atoms with E-state index in [1.807, 2.05) is 0 Å². The van der Waals surface area contributed by atoms with Gasteiger partial charge in [-0.15, -0.1) is 0 Å². The number of amides is 3. The second kappa shape index (κ2) is 6.10. The number of nitrogens with one attached hydrogen (secondary N) is 1. The molecule has 0 bridgehead atoms. The molecule has 3 N–H and O–H groups in total. The number of hydrogen-bond acceptors (Lipinski definition) is 4. The molecule has 2 heterocycles. The summed E-state index contributed by atoms with van der Waals surface area (Å²) < 4.78 is 0. The largest absolute Gasteiger partial charge is 0.329 e. The van der Waals surface area contributed by atoms with Crippen LogP contribution in [0.4, 0.5) is 4.79 Å². The van der Waals surface area contributed by atoms with Gasteiger partial charge in [0.15, 0.2) is 0 Å². The first-order valence-corrected chi connectivity index (χ1v) is 7.55. The minimum atomic E-state index is -0.666. The Balaban J connectivity index is 1.92. The summed E-state index contributed by atoms with van der Waals surface area (Å²) in [4.78, 5) is 27.9. The Morgan fingerprint density at radius 3 is 2.45 bits per heavy atom. The van der Waals surface area contributed by atoms with Crippen LogP contribution in [0.3, 0.4) is 0 Å². The van der Waals surface area contributed by atoms with Gasteiger partial charge in [0.25, 0.3) is 5.91 Å². The van der Waals surface area contributed by atoms with Crippen molar-refractivity contribution < 1.29 is 9.59 Å². The van der Waals surface area contributed by atoms with Gasteiger partial charge >= 0.3 is 6.03 Å². The zero-order valence-corrected chi connectivity index (χ0v) is 12.5. The Morgan fingerprint density at radius 2 is 1.90 bits per heavy atom. The Kier molecular flexibility index (Phi) is 4.65. The van der Waals surface area contributed by atoms with Crippen molar-refractivity contribution in [2.75, 3.05) is 32.7 Å². The van der Waals surface area contributed by atoms with Gasteiger partial charge in [-0.3, -0.25) is 9.69 Å². The van der Waals surface area contributed by atoms with Crippen LogP contribution in [0.25, 0.3) is 0 Å². The molecule has 0 aliphatic carbocycles. The minimum absolute atomic E-state index is 0.0866. The van der Waals surface area contributed by atoms with Crippen molar-refractivity contribution in [3.63, 3.8) is 0 Å². The summed E-state index contributed by atoms with van der Waals surface area (Å²) in [6, 6.07) is -0.281. The second-order valence-corrected chi connectivity index (χ2v) is 6.28. The van der Waals surface area contributed by atoms with Gasteiger partial charge in [-0.2, -0.15) is 0 Å². The molecule has 0 aromatic heterocycles. The topological polar surface area (TPSA) is 78.7 Å². The van der Waals surface area contributed by atoms with Gasteiger partial charge in [0.2, 0.25) is 0 Å². The molecule has 0 radical (unpaired) electrons. The number of nitrogens with zero attached hydrogens (tertiary/aromatic N) is 2. The van der Waals surface area contributed by atoms with Crippen molar-refractivity contribution >= 4 is 11.9 Å². The van der Waals surface area contributed by atoms with Gasteiger partial charge in [-0.25, -0.2) is 4.79 Å². The number of urea groups is 1. The fourth-order valence-electron chi connectivity index (χ4n) is 2.95. The quantitative estimate of drug-likeness (QED) is 0.715. The number of hydrogen-bond donors (Lipinski definition) is 2. The first-order chi connectivity index (χ1) is 9.48. The van der Waals surface area contributed by atoms with Crippen LogP contribution in [0, 0.1) is 5.92 Å². The molecular formula is C14H26N4O2. The standard InChI is InChI=1S/C14H26N4O2/c1-11(2)3-7-17-8-4-14(5-9-17)12(19)18(10-6-15)13(20)16-14/h11H,3-10,15H2,1-2H3,(H,16,20). The fourth-order valence-corrected chi connectivity index (χ4v) is 2.95. The average Bonchev–Trinajstić information content (AvgIpc) is 2.63. The average molecular weight is 282 g/mol. The van der Waals surface area contributed by atoms with E-state index in [0.29, 0.717) is 31.8 Å². The molecule has 2 aliphatic heterocycles. The Labute approximate surface area is 120 Å². The first-order valence-electron chi connectivity index (χ1n) is 7.55. The van der Waals surface area contributed by atoms with Crippen molar-refractivity contribution in [2.24, 2.45) is 11.7 Å². The third kappa shape index (κ3) is 2.96. The van der Waals surface area contributed by atoms with Crippen LogP contribution in [0.5, 0.6) is 0 Å². The van der Waals surface area contributed by atoms with E-state index in [4.69, 9.17) is 5.73 Å². The number of carbonyl (C=O) groups excluding carboxylic acids is 2. The SMILES string of the molecule is CC(C)CCN1CCC2(CC1)NC(=O)N(CCN)C2=O. The van der Waals surface area contributed by atoms with E-state index < -0.39 is 5.54 Å². The molecule has 0 atom stereocenters. The zero-order valence-electron chi connectivity index (χ0n) is 12.5. The molecule has 2 fully saturated rings. The highest BCUT2D eigenvalue weighted by Crippen LogP contribution is 2.29. The zero-order chi connectivity index (χ0) is 14.8. The summed E-state index contributed by atoms with van der Waals surface area (Å²) in [6.45, 7) is 7.87. The molecular weight excluding hydrogens is 256 g/mol. The number of rotatable bonds is 5. The molecule has 3 amide bonds. The van der Waals surface area contributed by atoms with E-state index in [9.17, 15) is 9.59 Å². The molecule has 6 nitrogen and oxygen atoms in total. The minimum Gasteiger partial charge on any atom is -0.329 e. The van der Waals surface area contributed by atoms with Crippen LogP contribution in [-0.4, -0.2) is 60.0 Å². The Bertz CT molecular complexity index is 375. The molecule has 1 spiro atoms. The van der Waals surface area contributed by atoms with Crippen molar-refractivity contribution in [1.29, 1.82) is 0 Å². The van der Waals surface area contributed by atoms with Crippen LogP contribution in [-0.2, 0) is 4.79 Å². The van der Waals surface area contributed by atoms with E-state index >= 15 is 0 Å². The maximum absolute atomic E-state index is 12.4. The van der Waals surface area contributed by atoms with Crippen molar-refractivity contribution in [2.45, 2.75) is 38.6 Å². The lowest BCUT2D eigenvalue weighted by molar-refractivity contribution is -0.132. The lowest BCUT2D eigenvalue weighted by Gasteiger charge is -2.37. The van der Waals surface area contributed by atoms with Gasteiger partial charge in [0.05, 0.1) is 0 Å². The first kappa shape index (κ1) is 15.3. The molecule has 0 aromatic carbocycles. The van der Waals surface area contributed by atoms with Crippen molar-refractivity contribution in [3.8, 4) is 0 Å². The molecule has 0 unspecified atom stereocenters. The van der Waals surface area contributed by atoms with Crippen molar-refractivity contribution in [3.05, 3.63) is 0 Å². The third-order valence-electron chi connectivity index (χ3n) is 4.33. The number of imide groups is 1. The highest BCUT2D eigenvalue weighted by Gasteiger charge is 2.51. The van der Waals surface area contributed by atoms with E-state index in [1.54, 1.807) is 0 Å². The normalized spacial score (nSPS) is 22.9. The Hall–Kier alpha value is -1.14. The Morgan fingerprint density at radius 1 is 1.25 bits per heavy atom. The lowest BCUT2D eigenvalue weighted by Crippen LogP contribution is -2.55. The number of carbonyl (C=O) groups is 2. The smallest absolute Gasteiger partial charge is 0.325 e. The van der Waals surface area contributed by atoms with E-state index in [-0.39, 0.29) is 11.9 Å². The molecule has 114 valence electrons. The highest BCUT2D eigenvalue weighted by molar-refractivity contribution is 6.07. The number of nitrogens with two attached hydrogens (primary N) is 1. The van der Waals surface area contributed by atoms with Crippen LogP contribution in [0.2, 0.25) is 0 Å². The van der Waals surface area contributed by atoms with Gasteiger partial charge in [0, 0.05) is 26.2 Å². The summed E-state index contributed by atoms with van der Waals surface area (Å²) in [5.74, 6) is 0.607. The molecule has 6 heteroatoms. The van der Waals surface area contributed by atoms with E-state index in [2.05, 4.69) is 24.1 Å². The molecule has 20 heavy (non-hydrogen) atoms. The second-order valence-electron chi connectivity index (χ2n) is 6.28. The van der Waals surface area contributed by atoms with Gasteiger partial charge in [0.1, 0.15) is 5.54 Å². The molecule has 2 saturated heterocycles. The van der Waals surface area contributed by atoms with Gasteiger partial charge in [-0.1, -0.05) is 13.8 Å². The third-order valence-corrected chi connectivity index (χ3v) is 4.33. The summed E-state index contributed by atoms with van der Waals surface area (Å²) >= 11 is 0. The maximum Gasteiger partial charge on any atom is 0.325 e. The summed E-state index contributed by atoms with van der Waals surface area (Å²) in [7, 11) is 0. The molecule has 0 aromatic rings. The summed E-state index contributed by atoms with van der Waals surface area (Å²) in [5, 5.41) is 2.89. The van der Waals surface area contributed by atoms with E-state index in [1.165, 1.54) is 11.3 Å². The molecule has 0 saturated carbocycles. The van der Waals surface area contributed by atoms with Crippen LogP contribution >= 0.6 is 0 Å². The van der Waals surface area contributed by atoms with Crippen molar-refractivity contribution in [1.82, 2.24) is 15.1 Å². The number of likely N-dealkylation sites (tertiary alicyclic amines) is 1. The molecule has 2 rings (SSSR count). The van der Waals surface area contributed by atoms with Crippen LogP contribution < -0.4 is 11.1 Å².